The van der Waals surface area contributed by atoms with E-state index in [9.17, 15) is 4.79 Å². The summed E-state index contributed by atoms with van der Waals surface area (Å²) in [6.07, 6.45) is 3.58. The summed E-state index contributed by atoms with van der Waals surface area (Å²) in [5.74, 6) is 0.956. The van der Waals surface area contributed by atoms with E-state index in [4.69, 9.17) is 5.73 Å². The zero-order valence-electron chi connectivity index (χ0n) is 7.74. The van der Waals surface area contributed by atoms with Crippen molar-refractivity contribution in [2.75, 3.05) is 18.8 Å². The lowest BCUT2D eigenvalue weighted by molar-refractivity contribution is -0.132. The van der Waals surface area contributed by atoms with E-state index in [2.05, 4.69) is 4.90 Å². The van der Waals surface area contributed by atoms with Gasteiger partial charge in [0.1, 0.15) is 0 Å². The molecule has 2 N–H and O–H groups in total. The van der Waals surface area contributed by atoms with E-state index >= 15 is 0 Å². The third kappa shape index (κ3) is 1.70. The highest BCUT2D eigenvalue weighted by Crippen LogP contribution is 2.31. The minimum Gasteiger partial charge on any atom is -0.338 e. The Bertz CT molecular complexity index is 210. The number of piperidine rings is 1. The lowest BCUT2D eigenvalue weighted by Gasteiger charge is -2.43. The van der Waals surface area contributed by atoms with Crippen LogP contribution < -0.4 is 5.73 Å². The molecule has 0 bridgehead atoms. The molecule has 3 nitrogen and oxygen atoms in total. The first-order chi connectivity index (χ1) is 6.33. The van der Waals surface area contributed by atoms with E-state index in [0.717, 1.165) is 13.0 Å². The number of hydrogen-bond acceptors (Lipinski definition) is 3. The van der Waals surface area contributed by atoms with Crippen molar-refractivity contribution >= 4 is 17.7 Å². The predicted octanol–water partition coefficient (Wildman–Crippen LogP) is 0.442. The average molecular weight is 200 g/mol. The fraction of sp³-hybridized carbons (Fsp3) is 0.889. The summed E-state index contributed by atoms with van der Waals surface area (Å²) in [5, 5.41) is 0.484. The third-order valence-corrected chi connectivity index (χ3v) is 4.30. The molecule has 0 aromatic heterocycles. The standard InChI is InChI=1S/C9H16N2OS/c10-5-8-7-3-1-2-4-11(7)9(12)6-13-8/h7-8H,1-6,10H2. The number of carbonyl (C=O) groups is 1. The number of nitrogens with zero attached hydrogens (tertiary/aromatic N) is 1. The Morgan fingerprint density at radius 1 is 1.54 bits per heavy atom. The molecule has 0 spiro atoms. The number of rotatable bonds is 1. The highest BCUT2D eigenvalue weighted by atomic mass is 32.2. The van der Waals surface area contributed by atoms with Crippen LogP contribution in [-0.2, 0) is 4.79 Å². The molecule has 13 heavy (non-hydrogen) atoms. The molecule has 0 radical (unpaired) electrons. The first kappa shape index (κ1) is 9.34. The largest absolute Gasteiger partial charge is 0.338 e. The predicted molar refractivity (Wildman–Crippen MR) is 54.7 cm³/mol. The van der Waals surface area contributed by atoms with E-state index in [1.54, 1.807) is 11.8 Å². The van der Waals surface area contributed by atoms with Gasteiger partial charge in [0.25, 0.3) is 0 Å². The molecule has 2 saturated heterocycles. The monoisotopic (exact) mass is 200 g/mol. The summed E-state index contributed by atoms with van der Waals surface area (Å²) in [7, 11) is 0. The maximum Gasteiger partial charge on any atom is 0.232 e. The van der Waals surface area contributed by atoms with Gasteiger partial charge in [0, 0.05) is 24.4 Å². The Balaban J connectivity index is 2.09. The first-order valence-corrected chi connectivity index (χ1v) is 5.99. The number of carbonyl (C=O) groups excluding carboxylic acids is 1. The second-order valence-corrected chi connectivity index (χ2v) is 4.96. The van der Waals surface area contributed by atoms with Crippen LogP contribution in [0.2, 0.25) is 0 Å². The van der Waals surface area contributed by atoms with Gasteiger partial charge in [-0.1, -0.05) is 0 Å². The van der Waals surface area contributed by atoms with Crippen LogP contribution in [0.5, 0.6) is 0 Å². The molecule has 2 heterocycles. The summed E-state index contributed by atoms with van der Waals surface area (Å²) in [4.78, 5) is 13.6. The molecular formula is C9H16N2OS. The summed E-state index contributed by atoms with van der Waals surface area (Å²) in [6, 6.07) is 0.435. The van der Waals surface area contributed by atoms with E-state index in [1.807, 2.05) is 0 Å². The maximum atomic E-state index is 11.6. The summed E-state index contributed by atoms with van der Waals surface area (Å²) in [6.45, 7) is 1.67. The minimum atomic E-state index is 0.319. The molecular weight excluding hydrogens is 184 g/mol. The number of nitrogens with two attached hydrogens (primary N) is 1. The van der Waals surface area contributed by atoms with Crippen molar-refractivity contribution < 1.29 is 4.79 Å². The highest BCUT2D eigenvalue weighted by Gasteiger charge is 2.36. The van der Waals surface area contributed by atoms with Crippen LogP contribution in [0.3, 0.4) is 0 Å². The van der Waals surface area contributed by atoms with Gasteiger partial charge in [-0.3, -0.25) is 4.79 Å². The van der Waals surface area contributed by atoms with E-state index in [1.165, 1.54) is 12.8 Å². The summed E-state index contributed by atoms with van der Waals surface area (Å²) < 4.78 is 0. The quantitative estimate of drug-likeness (QED) is 0.668. The third-order valence-electron chi connectivity index (χ3n) is 2.95. The van der Waals surface area contributed by atoms with E-state index in [-0.39, 0.29) is 0 Å². The van der Waals surface area contributed by atoms with Crippen molar-refractivity contribution in [1.82, 2.24) is 4.90 Å². The number of hydrogen-bond donors (Lipinski definition) is 1. The molecule has 2 aliphatic rings. The van der Waals surface area contributed by atoms with Crippen LogP contribution in [-0.4, -0.2) is 40.9 Å². The van der Waals surface area contributed by atoms with E-state index < -0.39 is 0 Å². The van der Waals surface area contributed by atoms with Crippen LogP contribution in [0.15, 0.2) is 0 Å². The molecule has 2 unspecified atom stereocenters. The lowest BCUT2D eigenvalue weighted by Crippen LogP contribution is -2.54. The molecule has 4 heteroatoms. The molecule has 0 aromatic rings. The molecule has 2 fully saturated rings. The number of amides is 1. The van der Waals surface area contributed by atoms with Crippen LogP contribution >= 0.6 is 11.8 Å². The van der Waals surface area contributed by atoms with Crippen molar-refractivity contribution in [2.24, 2.45) is 5.73 Å². The van der Waals surface area contributed by atoms with Gasteiger partial charge in [0.05, 0.1) is 5.75 Å². The van der Waals surface area contributed by atoms with Gasteiger partial charge in [-0.15, -0.1) is 11.8 Å². The van der Waals surface area contributed by atoms with Gasteiger partial charge in [-0.05, 0) is 19.3 Å². The Labute approximate surface area is 83.0 Å². The van der Waals surface area contributed by atoms with Crippen LogP contribution in [0, 0.1) is 0 Å². The van der Waals surface area contributed by atoms with Gasteiger partial charge in [-0.2, -0.15) is 0 Å². The lowest BCUT2D eigenvalue weighted by atomic mass is 9.98. The fourth-order valence-electron chi connectivity index (χ4n) is 2.25. The van der Waals surface area contributed by atoms with Crippen LogP contribution in [0.1, 0.15) is 19.3 Å². The molecule has 2 rings (SSSR count). The Morgan fingerprint density at radius 2 is 2.38 bits per heavy atom. The smallest absolute Gasteiger partial charge is 0.232 e. The van der Waals surface area contributed by atoms with Gasteiger partial charge in [0.2, 0.25) is 5.91 Å². The molecule has 2 aliphatic heterocycles. The second-order valence-electron chi connectivity index (χ2n) is 3.74. The Morgan fingerprint density at radius 3 is 3.15 bits per heavy atom. The highest BCUT2D eigenvalue weighted by molar-refractivity contribution is 8.00. The van der Waals surface area contributed by atoms with Gasteiger partial charge >= 0.3 is 0 Å². The van der Waals surface area contributed by atoms with Crippen LogP contribution in [0.25, 0.3) is 0 Å². The van der Waals surface area contributed by atoms with Crippen molar-refractivity contribution in [3.63, 3.8) is 0 Å². The molecule has 0 aromatic carbocycles. The van der Waals surface area contributed by atoms with Crippen molar-refractivity contribution in [3.8, 4) is 0 Å². The number of thioether (sulfide) groups is 1. The normalized spacial score (nSPS) is 34.5. The fourth-order valence-corrected chi connectivity index (χ4v) is 3.41. The van der Waals surface area contributed by atoms with Crippen molar-refractivity contribution in [3.05, 3.63) is 0 Å². The van der Waals surface area contributed by atoms with Crippen molar-refractivity contribution in [2.45, 2.75) is 30.6 Å². The summed E-state index contributed by atoms with van der Waals surface area (Å²) >= 11 is 1.74. The molecule has 0 saturated carbocycles. The van der Waals surface area contributed by atoms with Crippen molar-refractivity contribution in [1.29, 1.82) is 0 Å². The SMILES string of the molecule is NCC1SCC(=O)N2CCCCC12. The Kier molecular flexibility index (Phi) is 2.79. The zero-order valence-corrected chi connectivity index (χ0v) is 8.55. The maximum absolute atomic E-state index is 11.6. The minimum absolute atomic E-state index is 0.319. The molecule has 2 atom stereocenters. The zero-order chi connectivity index (χ0) is 9.26. The molecule has 74 valence electrons. The number of fused-ring (bicyclic) bond motifs is 1. The average Bonchev–Trinajstić information content (AvgIpc) is 2.19. The topological polar surface area (TPSA) is 46.3 Å². The van der Waals surface area contributed by atoms with Gasteiger partial charge < -0.3 is 10.6 Å². The molecule has 0 aliphatic carbocycles. The van der Waals surface area contributed by atoms with Gasteiger partial charge in [0.15, 0.2) is 0 Å². The summed E-state index contributed by atoms with van der Waals surface area (Å²) in [5.41, 5.74) is 5.70. The van der Waals surface area contributed by atoms with E-state index in [0.29, 0.717) is 29.5 Å². The first-order valence-electron chi connectivity index (χ1n) is 4.94. The van der Waals surface area contributed by atoms with Gasteiger partial charge in [-0.25, -0.2) is 0 Å². The molecule has 1 amide bonds. The Hall–Kier alpha value is -0.220. The second kappa shape index (κ2) is 3.88. The van der Waals surface area contributed by atoms with Crippen LogP contribution in [0.4, 0.5) is 0 Å².